The van der Waals surface area contributed by atoms with Gasteiger partial charge in [-0.3, -0.25) is 4.79 Å². The van der Waals surface area contributed by atoms with E-state index in [1.165, 1.54) is 0 Å². The quantitative estimate of drug-likeness (QED) is 0.626. The summed E-state index contributed by atoms with van der Waals surface area (Å²) in [6.07, 6.45) is 0.106. The molecule has 4 nitrogen and oxygen atoms in total. The first-order chi connectivity index (χ1) is 8.12. The lowest BCUT2D eigenvalue weighted by Crippen LogP contribution is -2.09. The summed E-state index contributed by atoms with van der Waals surface area (Å²) in [7, 11) is 0. The van der Waals surface area contributed by atoms with Gasteiger partial charge in [-0.15, -0.1) is 12.6 Å². The zero-order valence-corrected chi connectivity index (χ0v) is 10.5. The maximum Gasteiger partial charge on any atom is 0.310 e. The molecule has 0 unspecified atom stereocenters. The highest BCUT2D eigenvalue weighted by atomic mass is 32.1. The highest BCUT2D eigenvalue weighted by Gasteiger charge is 2.11. The number of rotatable bonds is 4. The normalized spacial score (nSPS) is 9.76. The zero-order chi connectivity index (χ0) is 12.8. The number of thiol groups is 1. The molecule has 0 aliphatic rings. The molecule has 90 valence electrons. The van der Waals surface area contributed by atoms with Crippen molar-refractivity contribution in [1.29, 1.82) is 5.26 Å². The van der Waals surface area contributed by atoms with Crippen molar-refractivity contribution in [2.75, 3.05) is 6.61 Å². The van der Waals surface area contributed by atoms with Crippen LogP contribution in [0.2, 0.25) is 0 Å². The molecule has 1 aromatic rings. The topological polar surface area (TPSA) is 76.1 Å². The second kappa shape index (κ2) is 6.28. The van der Waals surface area contributed by atoms with Crippen molar-refractivity contribution in [2.24, 2.45) is 5.73 Å². The lowest BCUT2D eigenvalue weighted by Gasteiger charge is -2.09. The van der Waals surface area contributed by atoms with Crippen molar-refractivity contribution in [3.63, 3.8) is 0 Å². The summed E-state index contributed by atoms with van der Waals surface area (Å²) >= 11 is 4.25. The van der Waals surface area contributed by atoms with Gasteiger partial charge in [0.2, 0.25) is 0 Å². The number of nitrogens with zero attached hydrogens (tertiary/aromatic N) is 1. The maximum atomic E-state index is 11.4. The fraction of sp³-hybridized carbons (Fsp3) is 0.333. The summed E-state index contributed by atoms with van der Waals surface area (Å²) < 4.78 is 4.86. The Balaban J connectivity index is 3.06. The minimum Gasteiger partial charge on any atom is -0.466 e. The van der Waals surface area contributed by atoms with Gasteiger partial charge in [0.1, 0.15) is 6.07 Å². The number of ether oxygens (including phenoxy) is 1. The Hall–Kier alpha value is -1.51. The van der Waals surface area contributed by atoms with E-state index >= 15 is 0 Å². The number of esters is 1. The van der Waals surface area contributed by atoms with Crippen LogP contribution in [0.15, 0.2) is 17.0 Å². The van der Waals surface area contributed by atoms with Gasteiger partial charge in [-0.1, -0.05) is 6.07 Å². The molecule has 0 aromatic heterocycles. The molecule has 0 heterocycles. The molecule has 5 heteroatoms. The standard InChI is InChI=1S/C12H14N2O2S/c1-2-16-11(15)5-9-3-8(6-13)4-10(7-14)12(9)17/h3-4,17H,2,5-6,13H2,1H3. The van der Waals surface area contributed by atoms with Gasteiger partial charge in [-0.25, -0.2) is 0 Å². The predicted octanol–water partition coefficient (Wildman–Crippen LogP) is 1.41. The molecule has 0 aliphatic carbocycles. The van der Waals surface area contributed by atoms with Gasteiger partial charge in [0.05, 0.1) is 18.6 Å². The van der Waals surface area contributed by atoms with Crippen LogP contribution in [0.1, 0.15) is 23.6 Å². The third-order valence-corrected chi connectivity index (χ3v) is 2.77. The van der Waals surface area contributed by atoms with Gasteiger partial charge in [-0.05, 0) is 24.1 Å². The molecule has 0 fully saturated rings. The Morgan fingerprint density at radius 2 is 2.29 bits per heavy atom. The van der Waals surface area contributed by atoms with Crippen molar-refractivity contribution in [3.05, 3.63) is 28.8 Å². The van der Waals surface area contributed by atoms with E-state index in [0.717, 1.165) is 5.56 Å². The predicted molar refractivity (Wildman–Crippen MR) is 66.6 cm³/mol. The molecule has 0 atom stereocenters. The average Bonchev–Trinajstić information content (AvgIpc) is 2.32. The minimum absolute atomic E-state index is 0.106. The number of hydrogen-bond donors (Lipinski definition) is 2. The smallest absolute Gasteiger partial charge is 0.310 e. The fourth-order valence-electron chi connectivity index (χ4n) is 1.47. The van der Waals surface area contributed by atoms with Gasteiger partial charge in [-0.2, -0.15) is 5.26 Å². The van der Waals surface area contributed by atoms with E-state index in [1.807, 2.05) is 6.07 Å². The van der Waals surface area contributed by atoms with Crippen LogP contribution in [0.25, 0.3) is 0 Å². The maximum absolute atomic E-state index is 11.4. The molecular formula is C12H14N2O2S. The molecule has 0 amide bonds. The summed E-state index contributed by atoms with van der Waals surface area (Å²) in [6, 6.07) is 5.49. The molecule has 1 rings (SSSR count). The third-order valence-electron chi connectivity index (χ3n) is 2.24. The van der Waals surface area contributed by atoms with Crippen LogP contribution in [0.4, 0.5) is 0 Å². The lowest BCUT2D eigenvalue weighted by molar-refractivity contribution is -0.142. The molecule has 1 aromatic carbocycles. The lowest BCUT2D eigenvalue weighted by atomic mass is 10.0. The highest BCUT2D eigenvalue weighted by Crippen LogP contribution is 2.22. The van der Waals surface area contributed by atoms with Crippen LogP contribution in [0.3, 0.4) is 0 Å². The zero-order valence-electron chi connectivity index (χ0n) is 9.56. The van der Waals surface area contributed by atoms with E-state index in [1.54, 1.807) is 19.1 Å². The van der Waals surface area contributed by atoms with E-state index < -0.39 is 0 Å². The van der Waals surface area contributed by atoms with Crippen LogP contribution in [-0.2, 0) is 22.5 Å². The van der Waals surface area contributed by atoms with Crippen LogP contribution < -0.4 is 5.73 Å². The van der Waals surface area contributed by atoms with Crippen molar-refractivity contribution in [3.8, 4) is 6.07 Å². The molecule has 0 saturated heterocycles. The summed E-state index contributed by atoms with van der Waals surface area (Å²) in [6.45, 7) is 2.40. The van der Waals surface area contributed by atoms with E-state index in [-0.39, 0.29) is 12.4 Å². The number of nitrogens with two attached hydrogens (primary N) is 1. The Labute approximate surface area is 106 Å². The van der Waals surface area contributed by atoms with Crippen molar-refractivity contribution >= 4 is 18.6 Å². The first-order valence-corrected chi connectivity index (χ1v) is 5.67. The molecule has 0 bridgehead atoms. The molecule has 2 N–H and O–H groups in total. The molecule has 0 spiro atoms. The Kier molecular flexibility index (Phi) is 5.01. The number of carbonyl (C=O) groups excluding carboxylic acids is 1. The monoisotopic (exact) mass is 250 g/mol. The van der Waals surface area contributed by atoms with Gasteiger partial charge >= 0.3 is 5.97 Å². The number of hydrogen-bond acceptors (Lipinski definition) is 5. The third kappa shape index (κ3) is 3.48. The Morgan fingerprint density at radius 3 is 2.82 bits per heavy atom. The summed E-state index contributed by atoms with van der Waals surface area (Å²) in [4.78, 5) is 11.9. The number of nitriles is 1. The van der Waals surface area contributed by atoms with Crippen molar-refractivity contribution in [1.82, 2.24) is 0 Å². The highest BCUT2D eigenvalue weighted by molar-refractivity contribution is 7.80. The minimum atomic E-state index is -0.333. The second-order valence-corrected chi connectivity index (χ2v) is 3.90. The average molecular weight is 250 g/mol. The van der Waals surface area contributed by atoms with E-state index in [0.29, 0.717) is 29.2 Å². The van der Waals surface area contributed by atoms with Crippen LogP contribution >= 0.6 is 12.6 Å². The summed E-state index contributed by atoms with van der Waals surface area (Å²) in [5, 5.41) is 8.94. The largest absolute Gasteiger partial charge is 0.466 e. The van der Waals surface area contributed by atoms with Crippen molar-refractivity contribution < 1.29 is 9.53 Å². The number of benzene rings is 1. The van der Waals surface area contributed by atoms with Crippen LogP contribution in [0.5, 0.6) is 0 Å². The van der Waals surface area contributed by atoms with Gasteiger partial charge in [0, 0.05) is 11.4 Å². The fourth-order valence-corrected chi connectivity index (χ4v) is 1.72. The van der Waals surface area contributed by atoms with Gasteiger partial charge in [0.15, 0.2) is 0 Å². The van der Waals surface area contributed by atoms with Crippen LogP contribution in [0, 0.1) is 11.3 Å². The van der Waals surface area contributed by atoms with Crippen molar-refractivity contribution in [2.45, 2.75) is 24.8 Å². The molecule has 0 aliphatic heterocycles. The second-order valence-electron chi connectivity index (χ2n) is 3.45. The van der Waals surface area contributed by atoms with E-state index in [9.17, 15) is 4.79 Å². The molecule has 0 radical (unpaired) electrons. The molecule has 17 heavy (non-hydrogen) atoms. The Bertz CT molecular complexity index is 466. The van der Waals surface area contributed by atoms with E-state index in [2.05, 4.69) is 12.6 Å². The van der Waals surface area contributed by atoms with E-state index in [4.69, 9.17) is 15.7 Å². The van der Waals surface area contributed by atoms with Gasteiger partial charge < -0.3 is 10.5 Å². The number of carbonyl (C=O) groups is 1. The SMILES string of the molecule is CCOC(=O)Cc1cc(CN)cc(C#N)c1S. The molecule has 0 saturated carbocycles. The summed E-state index contributed by atoms with van der Waals surface area (Å²) in [5.41, 5.74) is 7.43. The molecular weight excluding hydrogens is 236 g/mol. The Morgan fingerprint density at radius 1 is 1.59 bits per heavy atom. The first kappa shape index (κ1) is 13.6. The first-order valence-electron chi connectivity index (χ1n) is 5.22. The van der Waals surface area contributed by atoms with Crippen LogP contribution in [-0.4, -0.2) is 12.6 Å². The summed E-state index contributed by atoms with van der Waals surface area (Å²) in [5.74, 6) is -0.333. The van der Waals surface area contributed by atoms with Gasteiger partial charge in [0.25, 0.3) is 0 Å².